The highest BCUT2D eigenvalue weighted by atomic mass is 79.9. The van der Waals surface area contributed by atoms with Crippen molar-refractivity contribution in [3.05, 3.63) is 46.7 Å². The van der Waals surface area contributed by atoms with Crippen LogP contribution in [0.15, 0.2) is 45.8 Å². The number of rotatable bonds is 2. The molecule has 0 aliphatic heterocycles. The van der Waals surface area contributed by atoms with Gasteiger partial charge in [-0.05, 0) is 40.4 Å². The molecular formula is C14H11BrFN3S. The molecule has 0 aliphatic carbocycles. The van der Waals surface area contributed by atoms with Crippen molar-refractivity contribution in [3.63, 3.8) is 0 Å². The van der Waals surface area contributed by atoms with Gasteiger partial charge < -0.3 is 5.73 Å². The molecule has 2 aromatic carbocycles. The Labute approximate surface area is 128 Å². The summed E-state index contributed by atoms with van der Waals surface area (Å²) in [6.45, 7) is 0. The number of nitrogens with two attached hydrogens (primary N) is 1. The second-order valence-electron chi connectivity index (χ2n) is 4.23. The Balaban J connectivity index is 2.36. The third kappa shape index (κ3) is 2.09. The molecule has 102 valence electrons. The molecule has 1 heterocycles. The molecule has 20 heavy (non-hydrogen) atoms. The van der Waals surface area contributed by atoms with Crippen LogP contribution in [0.5, 0.6) is 0 Å². The fraction of sp³-hybridized carbons (Fsp3) is 0.0714. The molecule has 0 atom stereocenters. The second-order valence-corrected chi connectivity index (χ2v) is 5.93. The van der Waals surface area contributed by atoms with Crippen LogP contribution in [-0.4, -0.2) is 15.8 Å². The summed E-state index contributed by atoms with van der Waals surface area (Å²) in [7, 11) is 0. The number of thioether (sulfide) groups is 1. The molecule has 3 aromatic rings. The molecular weight excluding hydrogens is 341 g/mol. The highest BCUT2D eigenvalue weighted by Crippen LogP contribution is 2.31. The summed E-state index contributed by atoms with van der Waals surface area (Å²) >= 11 is 4.83. The average Bonchev–Trinajstić information content (AvgIpc) is 2.74. The Hall–Kier alpha value is -1.53. The van der Waals surface area contributed by atoms with Crippen LogP contribution in [0.1, 0.15) is 0 Å². The Morgan fingerprint density at radius 1 is 1.30 bits per heavy atom. The number of imidazole rings is 1. The molecule has 3 rings (SSSR count). The highest BCUT2D eigenvalue weighted by Gasteiger charge is 2.14. The standard InChI is InChI=1S/C14H11BrFN3S/c1-20-13-5-3-2-4-11(13)19-12-6-8(15)9(16)7-10(12)18-14(19)17/h2-7H,1H3,(H2,17,18). The lowest BCUT2D eigenvalue weighted by atomic mass is 10.2. The van der Waals surface area contributed by atoms with Crippen molar-refractivity contribution in [1.29, 1.82) is 0 Å². The number of hydrogen-bond donors (Lipinski definition) is 1. The molecule has 0 bridgehead atoms. The smallest absolute Gasteiger partial charge is 0.205 e. The molecule has 6 heteroatoms. The van der Waals surface area contributed by atoms with Gasteiger partial charge >= 0.3 is 0 Å². The zero-order valence-corrected chi connectivity index (χ0v) is 13.0. The third-order valence-corrected chi connectivity index (χ3v) is 4.44. The van der Waals surface area contributed by atoms with E-state index in [0.717, 1.165) is 16.1 Å². The Kier molecular flexibility index (Phi) is 3.43. The van der Waals surface area contributed by atoms with E-state index in [1.54, 1.807) is 17.8 Å². The van der Waals surface area contributed by atoms with Crippen molar-refractivity contribution in [2.24, 2.45) is 0 Å². The topological polar surface area (TPSA) is 43.8 Å². The molecule has 0 fully saturated rings. The molecule has 2 N–H and O–H groups in total. The molecule has 0 saturated carbocycles. The molecule has 3 nitrogen and oxygen atoms in total. The van der Waals surface area contributed by atoms with E-state index in [-0.39, 0.29) is 5.82 Å². The number of halogens is 2. The van der Waals surface area contributed by atoms with E-state index in [1.807, 2.05) is 35.1 Å². The van der Waals surface area contributed by atoms with Gasteiger partial charge in [0, 0.05) is 11.0 Å². The summed E-state index contributed by atoms with van der Waals surface area (Å²) in [5.41, 5.74) is 8.27. The molecule has 0 amide bonds. The van der Waals surface area contributed by atoms with Crippen LogP contribution in [-0.2, 0) is 0 Å². The van der Waals surface area contributed by atoms with Crippen LogP contribution in [0, 0.1) is 5.82 Å². The van der Waals surface area contributed by atoms with Crippen molar-refractivity contribution in [1.82, 2.24) is 9.55 Å². The zero-order valence-electron chi connectivity index (χ0n) is 10.6. The third-order valence-electron chi connectivity index (χ3n) is 3.05. The Morgan fingerprint density at radius 2 is 2.05 bits per heavy atom. The van der Waals surface area contributed by atoms with Crippen LogP contribution < -0.4 is 5.73 Å². The summed E-state index contributed by atoms with van der Waals surface area (Å²) in [5, 5.41) is 0. The molecule has 0 radical (unpaired) electrons. The summed E-state index contributed by atoms with van der Waals surface area (Å²) in [6.07, 6.45) is 2.00. The number of fused-ring (bicyclic) bond motifs is 1. The van der Waals surface area contributed by atoms with Gasteiger partial charge in [-0.15, -0.1) is 11.8 Å². The zero-order chi connectivity index (χ0) is 14.3. The summed E-state index contributed by atoms with van der Waals surface area (Å²) < 4.78 is 15.8. The average molecular weight is 352 g/mol. The van der Waals surface area contributed by atoms with Gasteiger partial charge in [-0.25, -0.2) is 9.37 Å². The summed E-state index contributed by atoms with van der Waals surface area (Å²) in [5.74, 6) is -0.000647. The van der Waals surface area contributed by atoms with Crippen molar-refractivity contribution in [2.75, 3.05) is 12.0 Å². The number of anilines is 1. The largest absolute Gasteiger partial charge is 0.369 e. The van der Waals surface area contributed by atoms with E-state index in [9.17, 15) is 4.39 Å². The maximum absolute atomic E-state index is 13.6. The van der Waals surface area contributed by atoms with Gasteiger partial charge in [-0.1, -0.05) is 12.1 Å². The van der Waals surface area contributed by atoms with E-state index in [1.165, 1.54) is 6.07 Å². The van der Waals surface area contributed by atoms with Crippen LogP contribution in [0.2, 0.25) is 0 Å². The Bertz CT molecular complexity index is 800. The van der Waals surface area contributed by atoms with Crippen molar-refractivity contribution in [2.45, 2.75) is 4.90 Å². The number of aromatic nitrogens is 2. The minimum absolute atomic E-state index is 0.346. The van der Waals surface area contributed by atoms with Gasteiger partial charge in [0.1, 0.15) is 5.82 Å². The SMILES string of the molecule is CSc1ccccc1-n1c(N)nc2cc(F)c(Br)cc21. The molecule has 1 aromatic heterocycles. The van der Waals surface area contributed by atoms with Crippen LogP contribution in [0.25, 0.3) is 16.7 Å². The van der Waals surface area contributed by atoms with E-state index >= 15 is 0 Å². The van der Waals surface area contributed by atoms with Crippen molar-refractivity contribution in [3.8, 4) is 5.69 Å². The lowest BCUT2D eigenvalue weighted by Gasteiger charge is -2.11. The predicted octanol–water partition coefficient (Wildman–Crippen LogP) is 4.23. The van der Waals surface area contributed by atoms with Gasteiger partial charge in [0.25, 0.3) is 0 Å². The van der Waals surface area contributed by atoms with Gasteiger partial charge in [-0.3, -0.25) is 4.57 Å². The fourth-order valence-electron chi connectivity index (χ4n) is 2.16. The van der Waals surface area contributed by atoms with E-state index < -0.39 is 0 Å². The summed E-state index contributed by atoms with van der Waals surface area (Å²) in [6, 6.07) is 11.0. The maximum atomic E-state index is 13.6. The molecule has 0 spiro atoms. The first-order chi connectivity index (χ1) is 9.61. The van der Waals surface area contributed by atoms with Crippen molar-refractivity contribution >= 4 is 44.7 Å². The maximum Gasteiger partial charge on any atom is 0.205 e. The first-order valence-electron chi connectivity index (χ1n) is 5.88. The molecule has 0 unspecified atom stereocenters. The lowest BCUT2D eigenvalue weighted by molar-refractivity contribution is 0.623. The molecule has 0 saturated heterocycles. The van der Waals surface area contributed by atoms with E-state index in [0.29, 0.717) is 15.9 Å². The lowest BCUT2D eigenvalue weighted by Crippen LogP contribution is -2.01. The van der Waals surface area contributed by atoms with Gasteiger partial charge in [0.2, 0.25) is 5.95 Å². The van der Waals surface area contributed by atoms with Crippen LogP contribution in [0.4, 0.5) is 10.3 Å². The Morgan fingerprint density at radius 3 is 2.80 bits per heavy atom. The predicted molar refractivity (Wildman–Crippen MR) is 84.9 cm³/mol. The van der Waals surface area contributed by atoms with E-state index in [2.05, 4.69) is 20.9 Å². The fourth-order valence-corrected chi connectivity index (χ4v) is 3.07. The van der Waals surface area contributed by atoms with Gasteiger partial charge in [0.15, 0.2) is 0 Å². The summed E-state index contributed by atoms with van der Waals surface area (Å²) in [4.78, 5) is 5.32. The minimum atomic E-state index is -0.347. The molecule has 0 aliphatic rings. The van der Waals surface area contributed by atoms with Crippen LogP contribution >= 0.6 is 27.7 Å². The van der Waals surface area contributed by atoms with Gasteiger partial charge in [-0.2, -0.15) is 0 Å². The van der Waals surface area contributed by atoms with Crippen LogP contribution in [0.3, 0.4) is 0 Å². The number of para-hydroxylation sites is 1. The quantitative estimate of drug-likeness (QED) is 0.702. The number of nitrogen functional groups attached to an aromatic ring is 1. The number of benzene rings is 2. The van der Waals surface area contributed by atoms with E-state index in [4.69, 9.17) is 5.73 Å². The van der Waals surface area contributed by atoms with Gasteiger partial charge in [0.05, 0.1) is 21.2 Å². The highest BCUT2D eigenvalue weighted by molar-refractivity contribution is 9.10. The minimum Gasteiger partial charge on any atom is -0.369 e. The van der Waals surface area contributed by atoms with Crippen molar-refractivity contribution < 1.29 is 4.39 Å². The monoisotopic (exact) mass is 351 g/mol. The number of nitrogens with zero attached hydrogens (tertiary/aromatic N) is 2. The second kappa shape index (κ2) is 5.10. The first-order valence-corrected chi connectivity index (χ1v) is 7.90. The number of hydrogen-bond acceptors (Lipinski definition) is 3. The normalized spacial score (nSPS) is 11.2. The first kappa shape index (κ1) is 13.5.